The highest BCUT2D eigenvalue weighted by Gasteiger charge is 2.31. The molecule has 0 aliphatic carbocycles. The predicted molar refractivity (Wildman–Crippen MR) is 144 cm³/mol. The number of nitrogens with one attached hydrogen (secondary N) is 1. The summed E-state index contributed by atoms with van der Waals surface area (Å²) in [7, 11) is 0. The fourth-order valence-corrected chi connectivity index (χ4v) is 3.77. The highest BCUT2D eigenvalue weighted by molar-refractivity contribution is 5.80. The topological polar surface area (TPSA) is 114 Å². The summed E-state index contributed by atoms with van der Waals surface area (Å²) in [4.78, 5) is 24.3. The number of rotatable bonds is 12. The molecule has 1 amide bonds. The Morgan fingerprint density at radius 2 is 1.15 bits per heavy atom. The average Bonchev–Trinajstić information content (AvgIpc) is 2.98. The first-order valence-corrected chi connectivity index (χ1v) is 12.3. The molecule has 0 aliphatic heterocycles. The van der Waals surface area contributed by atoms with Gasteiger partial charge in [0, 0.05) is 0 Å². The molecule has 200 valence electrons. The number of carboxylic acid groups (broad SMARTS) is 1. The second-order valence-electron chi connectivity index (χ2n) is 8.72. The Kier molecular flexibility index (Phi) is 9.52. The number of hydrogen-bond acceptors (Lipinski definition) is 6. The minimum Gasteiger partial charge on any atom is -0.485 e. The minimum absolute atomic E-state index is 0.0416. The monoisotopic (exact) mass is 527 g/mol. The Morgan fingerprint density at radius 3 is 1.67 bits per heavy atom. The lowest BCUT2D eigenvalue weighted by Gasteiger charge is -2.22. The van der Waals surface area contributed by atoms with E-state index in [1.807, 2.05) is 66.7 Å². The molecule has 0 unspecified atom stereocenters. The number of carboxylic acids is 1. The van der Waals surface area contributed by atoms with Crippen molar-refractivity contribution < 1.29 is 34.0 Å². The normalized spacial score (nSPS) is 12.1. The molecule has 0 aromatic heterocycles. The van der Waals surface area contributed by atoms with Crippen molar-refractivity contribution in [3.63, 3.8) is 0 Å². The van der Waals surface area contributed by atoms with E-state index in [1.54, 1.807) is 30.3 Å². The third-order valence-electron chi connectivity index (χ3n) is 5.85. The molecule has 3 N–H and O–H groups in total. The Labute approximate surface area is 226 Å². The fraction of sp³-hybridized carbons (Fsp3) is 0.161. The van der Waals surface area contributed by atoms with Crippen LogP contribution in [0, 0.1) is 0 Å². The lowest BCUT2D eigenvalue weighted by atomic mass is 10.0. The zero-order chi connectivity index (χ0) is 27.5. The van der Waals surface area contributed by atoms with Crippen LogP contribution in [0.4, 0.5) is 4.79 Å². The van der Waals surface area contributed by atoms with E-state index in [9.17, 15) is 19.8 Å². The highest BCUT2D eigenvalue weighted by Crippen LogP contribution is 2.33. The van der Waals surface area contributed by atoms with Gasteiger partial charge in [0.1, 0.15) is 25.9 Å². The third-order valence-corrected chi connectivity index (χ3v) is 5.85. The summed E-state index contributed by atoms with van der Waals surface area (Å²) in [5, 5.41) is 22.9. The number of carbonyl (C=O) groups is 2. The largest absolute Gasteiger partial charge is 0.485 e. The van der Waals surface area contributed by atoms with Crippen LogP contribution < -0.4 is 14.8 Å². The van der Waals surface area contributed by atoms with Crippen molar-refractivity contribution in [2.24, 2.45) is 0 Å². The van der Waals surface area contributed by atoms with Gasteiger partial charge in [0.05, 0.1) is 0 Å². The Morgan fingerprint density at radius 1 is 0.667 bits per heavy atom. The van der Waals surface area contributed by atoms with Gasteiger partial charge < -0.3 is 29.7 Å². The van der Waals surface area contributed by atoms with E-state index in [0.717, 1.165) is 16.7 Å². The summed E-state index contributed by atoms with van der Waals surface area (Å²) in [6, 6.07) is 31.1. The van der Waals surface area contributed by atoms with Crippen molar-refractivity contribution in [3.8, 4) is 11.5 Å². The van der Waals surface area contributed by atoms with Crippen molar-refractivity contribution in [1.29, 1.82) is 0 Å². The second kappa shape index (κ2) is 13.6. The van der Waals surface area contributed by atoms with Crippen molar-refractivity contribution in [2.75, 3.05) is 0 Å². The Bertz CT molecular complexity index is 1350. The molecule has 0 radical (unpaired) electrons. The molecule has 39 heavy (non-hydrogen) atoms. The number of hydrogen-bond donors (Lipinski definition) is 3. The van der Waals surface area contributed by atoms with Crippen molar-refractivity contribution in [3.05, 3.63) is 131 Å². The van der Waals surface area contributed by atoms with Crippen molar-refractivity contribution in [1.82, 2.24) is 5.32 Å². The Hall–Kier alpha value is -4.82. The second-order valence-corrected chi connectivity index (χ2v) is 8.72. The van der Waals surface area contributed by atoms with E-state index in [1.165, 1.54) is 12.1 Å². The molecule has 0 bridgehead atoms. The Balaban J connectivity index is 1.49. The lowest BCUT2D eigenvalue weighted by molar-refractivity contribution is -0.142. The number of aliphatic carboxylic acids is 1. The van der Waals surface area contributed by atoms with Gasteiger partial charge in [-0.2, -0.15) is 0 Å². The predicted octanol–water partition coefficient (Wildman–Crippen LogP) is 5.26. The van der Waals surface area contributed by atoms with Crippen LogP contribution in [0.2, 0.25) is 0 Å². The molecule has 0 aliphatic rings. The molecule has 0 heterocycles. The van der Waals surface area contributed by atoms with Gasteiger partial charge in [-0.15, -0.1) is 0 Å². The number of aliphatic hydroxyl groups is 1. The maximum Gasteiger partial charge on any atom is 0.408 e. The number of ether oxygens (including phenoxy) is 3. The number of amides is 1. The molecular formula is C31H29NO7. The molecular weight excluding hydrogens is 498 g/mol. The van der Waals surface area contributed by atoms with E-state index in [0.29, 0.717) is 11.5 Å². The molecule has 0 spiro atoms. The maximum atomic E-state index is 12.3. The summed E-state index contributed by atoms with van der Waals surface area (Å²) in [5.74, 6) is -0.676. The van der Waals surface area contributed by atoms with Gasteiger partial charge in [0.2, 0.25) is 0 Å². The molecule has 0 fully saturated rings. The van der Waals surface area contributed by atoms with Crippen LogP contribution in [0.15, 0.2) is 109 Å². The number of aliphatic hydroxyl groups excluding tert-OH is 1. The average molecular weight is 528 g/mol. The van der Waals surface area contributed by atoms with Crippen LogP contribution in [-0.4, -0.2) is 28.3 Å². The zero-order valence-corrected chi connectivity index (χ0v) is 21.1. The van der Waals surface area contributed by atoms with Crippen molar-refractivity contribution in [2.45, 2.75) is 32.0 Å². The summed E-state index contributed by atoms with van der Waals surface area (Å²) in [5.41, 5.74) is 2.84. The van der Waals surface area contributed by atoms with Gasteiger partial charge in [-0.3, -0.25) is 0 Å². The summed E-state index contributed by atoms with van der Waals surface area (Å²) in [6.07, 6.45) is -2.55. The molecule has 4 rings (SSSR count). The minimum atomic E-state index is -1.66. The molecule has 8 nitrogen and oxygen atoms in total. The maximum absolute atomic E-state index is 12.3. The van der Waals surface area contributed by atoms with Crippen molar-refractivity contribution >= 4 is 12.1 Å². The molecule has 0 saturated carbocycles. The quantitative estimate of drug-likeness (QED) is 0.230. The smallest absolute Gasteiger partial charge is 0.408 e. The first-order chi connectivity index (χ1) is 19.0. The summed E-state index contributed by atoms with van der Waals surface area (Å²) >= 11 is 0. The van der Waals surface area contributed by atoms with Gasteiger partial charge in [-0.1, -0.05) is 97.1 Å². The van der Waals surface area contributed by atoms with E-state index in [2.05, 4.69) is 5.32 Å². The van der Waals surface area contributed by atoms with Crippen LogP contribution in [0.3, 0.4) is 0 Å². The van der Waals surface area contributed by atoms with Crippen LogP contribution in [0.1, 0.15) is 28.4 Å². The molecule has 0 saturated heterocycles. The third kappa shape index (κ3) is 8.08. The van der Waals surface area contributed by atoms with E-state index < -0.39 is 24.2 Å². The van der Waals surface area contributed by atoms with Gasteiger partial charge in [0.15, 0.2) is 17.5 Å². The molecule has 4 aromatic carbocycles. The zero-order valence-electron chi connectivity index (χ0n) is 21.1. The molecule has 8 heteroatoms. The van der Waals surface area contributed by atoms with Gasteiger partial charge >= 0.3 is 12.1 Å². The lowest BCUT2D eigenvalue weighted by Crippen LogP contribution is -2.45. The number of carbonyl (C=O) groups excluding carboxylic acids is 1. The molecule has 4 aromatic rings. The SMILES string of the molecule is O=C(N[C@H](C(=O)O)[C@H](O)c1ccc(OCc2ccccc2)c(OCc2ccccc2)c1)OCc1ccccc1. The number of alkyl carbamates (subject to hydrolysis) is 1. The number of benzene rings is 4. The van der Waals surface area contributed by atoms with Crippen LogP contribution in [0.25, 0.3) is 0 Å². The van der Waals surface area contributed by atoms with E-state index in [4.69, 9.17) is 14.2 Å². The highest BCUT2D eigenvalue weighted by atomic mass is 16.5. The first-order valence-electron chi connectivity index (χ1n) is 12.3. The van der Waals surface area contributed by atoms with Gasteiger partial charge in [0.25, 0.3) is 0 Å². The van der Waals surface area contributed by atoms with Crippen LogP contribution in [0.5, 0.6) is 11.5 Å². The van der Waals surface area contributed by atoms with Crippen LogP contribution in [-0.2, 0) is 29.4 Å². The first kappa shape index (κ1) is 27.2. The standard InChI is InChI=1S/C31H29NO7/c33-29(28(30(34)35)32-31(36)39-21-24-14-8-3-9-15-24)25-16-17-26(37-19-22-10-4-1-5-11-22)27(18-25)38-20-23-12-6-2-7-13-23/h1-18,28-29,33H,19-21H2,(H,32,36)(H,34,35)/t28-,29+/m0/s1. The molecule has 2 atom stereocenters. The van der Waals surface area contributed by atoms with E-state index in [-0.39, 0.29) is 25.4 Å². The summed E-state index contributed by atoms with van der Waals surface area (Å²) in [6.45, 7) is 0.478. The van der Waals surface area contributed by atoms with Crippen LogP contribution >= 0.6 is 0 Å². The fourth-order valence-electron chi connectivity index (χ4n) is 3.77. The van der Waals surface area contributed by atoms with E-state index >= 15 is 0 Å². The van der Waals surface area contributed by atoms with Gasteiger partial charge in [-0.05, 0) is 34.4 Å². The van der Waals surface area contributed by atoms with Gasteiger partial charge in [-0.25, -0.2) is 9.59 Å². The summed E-state index contributed by atoms with van der Waals surface area (Å²) < 4.78 is 17.1.